The van der Waals surface area contributed by atoms with Gasteiger partial charge in [0.25, 0.3) is 0 Å². The highest BCUT2D eigenvalue weighted by Crippen LogP contribution is 2.39. The maximum absolute atomic E-state index is 11.5. The fraction of sp³-hybridized carbons (Fsp3) is 0.667. The van der Waals surface area contributed by atoms with Crippen LogP contribution in [-0.2, 0) is 0 Å². The number of ketones is 1. The molecule has 1 fully saturated rings. The molecule has 1 aliphatic carbocycles. The van der Waals surface area contributed by atoms with E-state index in [4.69, 9.17) is 0 Å². The number of Topliss-reactive ketones (excluding diaryl/α,β-unsaturated/α-hetero) is 1. The lowest BCUT2D eigenvalue weighted by Gasteiger charge is -2.04. The smallest absolute Gasteiger partial charge is 0.164 e. The topological polar surface area (TPSA) is 42.0 Å². The molecule has 0 bridgehead atoms. The predicted molar refractivity (Wildman–Crippen MR) is 67.3 cm³/mol. The van der Waals surface area contributed by atoms with Crippen LogP contribution in [-0.4, -0.2) is 16.2 Å². The molecule has 2 unspecified atom stereocenters. The summed E-state index contributed by atoms with van der Waals surface area (Å²) in [7, 11) is 0. The molecule has 1 N–H and O–H groups in total. The van der Waals surface area contributed by atoms with E-state index in [2.05, 4.69) is 16.6 Å². The third-order valence-corrected chi connectivity index (χ3v) is 3.98. The molecule has 1 aromatic heterocycles. The Hall–Kier alpha value is -0.900. The average Bonchev–Trinajstić information content (AvgIpc) is 2.81. The highest BCUT2D eigenvalue weighted by Gasteiger charge is 2.37. The lowest BCUT2D eigenvalue weighted by molar-refractivity contribution is 0.101. The summed E-state index contributed by atoms with van der Waals surface area (Å²) in [5, 5.41) is 4.42. The molecule has 2 atom stereocenters. The van der Waals surface area contributed by atoms with Crippen molar-refractivity contribution in [3.8, 4) is 0 Å². The highest BCUT2D eigenvalue weighted by atomic mass is 32.1. The number of hydrogen-bond donors (Lipinski definition) is 1. The minimum Gasteiger partial charge on any atom is -0.372 e. The van der Waals surface area contributed by atoms with Gasteiger partial charge in [0.2, 0.25) is 0 Å². The Labute approximate surface area is 100 Å². The molecule has 88 valence electrons. The van der Waals surface area contributed by atoms with Gasteiger partial charge in [0.05, 0.1) is 11.3 Å². The number of nitrogens with one attached hydrogen (secondary N) is 1. The number of nitrogens with zero attached hydrogens (tertiary/aromatic N) is 1. The zero-order valence-electron chi connectivity index (χ0n) is 10.0. The van der Waals surface area contributed by atoms with E-state index in [0.29, 0.717) is 6.04 Å². The van der Waals surface area contributed by atoms with Crippen LogP contribution in [0.3, 0.4) is 0 Å². The highest BCUT2D eigenvalue weighted by molar-refractivity contribution is 7.10. The molecule has 1 aromatic rings. The summed E-state index contributed by atoms with van der Waals surface area (Å²) >= 11 is 1.41. The molecule has 16 heavy (non-hydrogen) atoms. The van der Waals surface area contributed by atoms with Crippen molar-refractivity contribution in [1.82, 2.24) is 4.37 Å². The summed E-state index contributed by atoms with van der Waals surface area (Å²) in [5.74, 6) is 0.911. The number of anilines is 1. The standard InChI is InChI=1S/C12H18N2OS/c1-4-5-9-6-10(9)13-12-11(8(3)15)7(2)14-16-12/h9-10,13H,4-6H2,1-3H3. The van der Waals surface area contributed by atoms with Crippen molar-refractivity contribution in [3.63, 3.8) is 0 Å². The van der Waals surface area contributed by atoms with Gasteiger partial charge in [0.15, 0.2) is 5.78 Å². The molecule has 0 aromatic carbocycles. The van der Waals surface area contributed by atoms with E-state index in [0.717, 1.165) is 22.2 Å². The van der Waals surface area contributed by atoms with Crippen molar-refractivity contribution in [1.29, 1.82) is 0 Å². The molecule has 2 rings (SSSR count). The molecule has 4 heteroatoms. The lowest BCUT2D eigenvalue weighted by Crippen LogP contribution is -2.07. The van der Waals surface area contributed by atoms with Crippen LogP contribution in [0.1, 0.15) is 49.2 Å². The van der Waals surface area contributed by atoms with E-state index in [-0.39, 0.29) is 5.78 Å². The zero-order valence-corrected chi connectivity index (χ0v) is 10.9. The molecule has 3 nitrogen and oxygen atoms in total. The molecule has 1 aliphatic rings. The Balaban J connectivity index is 2.03. The predicted octanol–water partition coefficient (Wildman–Crippen LogP) is 3.25. The van der Waals surface area contributed by atoms with E-state index in [1.807, 2.05) is 6.92 Å². The first-order chi connectivity index (χ1) is 7.63. The molecular formula is C12H18N2OS. The summed E-state index contributed by atoms with van der Waals surface area (Å²) in [6, 6.07) is 0.567. The normalized spacial score (nSPS) is 23.2. The van der Waals surface area contributed by atoms with Crippen LogP contribution in [0.15, 0.2) is 0 Å². The van der Waals surface area contributed by atoms with Crippen LogP contribution < -0.4 is 5.32 Å². The first kappa shape index (κ1) is 11.6. The monoisotopic (exact) mass is 238 g/mol. The summed E-state index contributed by atoms with van der Waals surface area (Å²) < 4.78 is 4.25. The van der Waals surface area contributed by atoms with Crippen LogP contribution >= 0.6 is 11.5 Å². The molecule has 1 heterocycles. The van der Waals surface area contributed by atoms with Gasteiger partial charge in [-0.25, -0.2) is 0 Å². The van der Waals surface area contributed by atoms with E-state index < -0.39 is 0 Å². The van der Waals surface area contributed by atoms with Gasteiger partial charge in [-0.1, -0.05) is 13.3 Å². The lowest BCUT2D eigenvalue weighted by atomic mass is 10.2. The first-order valence-corrected chi connectivity index (χ1v) is 6.64. The molecular weight excluding hydrogens is 220 g/mol. The largest absolute Gasteiger partial charge is 0.372 e. The number of aryl methyl sites for hydroxylation is 1. The second kappa shape index (κ2) is 4.53. The maximum atomic E-state index is 11.5. The number of aromatic nitrogens is 1. The second-order valence-corrected chi connectivity index (χ2v) is 5.34. The Morgan fingerprint density at radius 1 is 1.62 bits per heavy atom. The molecule has 0 radical (unpaired) electrons. The van der Waals surface area contributed by atoms with Crippen molar-refractivity contribution in [2.75, 3.05) is 5.32 Å². The number of carbonyl (C=O) groups excluding carboxylic acids is 1. The van der Waals surface area contributed by atoms with Crippen molar-refractivity contribution in [2.24, 2.45) is 5.92 Å². The fourth-order valence-corrected chi connectivity index (χ4v) is 3.07. The van der Waals surface area contributed by atoms with E-state index in [1.54, 1.807) is 6.92 Å². The average molecular weight is 238 g/mol. The number of rotatable bonds is 5. The summed E-state index contributed by atoms with van der Waals surface area (Å²) in [4.78, 5) is 11.5. The molecule has 0 aliphatic heterocycles. The summed E-state index contributed by atoms with van der Waals surface area (Å²) in [6.07, 6.45) is 3.76. The van der Waals surface area contributed by atoms with Crippen LogP contribution in [0.5, 0.6) is 0 Å². The Bertz CT molecular complexity index is 400. The molecule has 0 saturated heterocycles. The van der Waals surface area contributed by atoms with Gasteiger partial charge in [0, 0.05) is 6.04 Å². The van der Waals surface area contributed by atoms with Gasteiger partial charge < -0.3 is 5.32 Å². The van der Waals surface area contributed by atoms with Crippen molar-refractivity contribution in [2.45, 2.75) is 46.1 Å². The molecule has 0 spiro atoms. The van der Waals surface area contributed by atoms with Gasteiger partial charge in [0.1, 0.15) is 5.00 Å². The second-order valence-electron chi connectivity index (χ2n) is 4.56. The minimum absolute atomic E-state index is 0.112. The van der Waals surface area contributed by atoms with Gasteiger partial charge in [-0.2, -0.15) is 4.37 Å². The molecule has 0 amide bonds. The van der Waals surface area contributed by atoms with Crippen LogP contribution in [0, 0.1) is 12.8 Å². The SMILES string of the molecule is CCCC1CC1Nc1snc(C)c1C(C)=O. The van der Waals surface area contributed by atoms with Crippen molar-refractivity contribution >= 4 is 22.3 Å². The van der Waals surface area contributed by atoms with Gasteiger partial charge in [-0.3, -0.25) is 4.79 Å². The van der Waals surface area contributed by atoms with Gasteiger partial charge in [-0.15, -0.1) is 0 Å². The van der Waals surface area contributed by atoms with Crippen molar-refractivity contribution < 1.29 is 4.79 Å². The summed E-state index contributed by atoms with van der Waals surface area (Å²) in [5.41, 5.74) is 1.64. The third-order valence-electron chi connectivity index (χ3n) is 3.11. The third kappa shape index (κ3) is 2.26. The van der Waals surface area contributed by atoms with E-state index >= 15 is 0 Å². The first-order valence-electron chi connectivity index (χ1n) is 5.87. The van der Waals surface area contributed by atoms with Crippen molar-refractivity contribution in [3.05, 3.63) is 11.3 Å². The Kier molecular flexibility index (Phi) is 3.28. The van der Waals surface area contributed by atoms with Crippen LogP contribution in [0.2, 0.25) is 0 Å². The Morgan fingerprint density at radius 2 is 2.38 bits per heavy atom. The van der Waals surface area contributed by atoms with E-state index in [1.165, 1.54) is 30.8 Å². The van der Waals surface area contributed by atoms with Crippen LogP contribution in [0.4, 0.5) is 5.00 Å². The fourth-order valence-electron chi connectivity index (χ4n) is 2.17. The maximum Gasteiger partial charge on any atom is 0.164 e. The minimum atomic E-state index is 0.112. The van der Waals surface area contributed by atoms with Crippen LogP contribution in [0.25, 0.3) is 0 Å². The van der Waals surface area contributed by atoms with E-state index in [9.17, 15) is 4.79 Å². The Morgan fingerprint density at radius 3 is 3.00 bits per heavy atom. The van der Waals surface area contributed by atoms with Gasteiger partial charge in [-0.05, 0) is 44.1 Å². The number of carbonyl (C=O) groups is 1. The summed E-state index contributed by atoms with van der Waals surface area (Å²) in [6.45, 7) is 5.72. The number of hydrogen-bond acceptors (Lipinski definition) is 4. The molecule has 1 saturated carbocycles. The quantitative estimate of drug-likeness (QED) is 0.801. The zero-order chi connectivity index (χ0) is 11.7. The van der Waals surface area contributed by atoms with Gasteiger partial charge >= 0.3 is 0 Å².